The van der Waals surface area contributed by atoms with Crippen molar-refractivity contribution in [1.82, 2.24) is 24.5 Å². The number of benzene rings is 1. The minimum atomic E-state index is -0.601. The summed E-state index contributed by atoms with van der Waals surface area (Å²) < 4.78 is 1.91. The third-order valence-corrected chi connectivity index (χ3v) is 6.79. The largest absolute Gasteiger partial charge is 0.326 e. The molecule has 0 N–H and O–H groups in total. The molecule has 1 amide bonds. The van der Waals surface area contributed by atoms with Crippen LogP contribution in [-0.4, -0.2) is 75.7 Å². The number of hydrogen-bond donors (Lipinski definition) is 0. The summed E-state index contributed by atoms with van der Waals surface area (Å²) >= 11 is 0. The molecule has 0 atom stereocenters. The van der Waals surface area contributed by atoms with Crippen LogP contribution >= 0.6 is 0 Å². The van der Waals surface area contributed by atoms with Crippen LogP contribution in [0.25, 0.3) is 5.69 Å². The van der Waals surface area contributed by atoms with Gasteiger partial charge in [-0.25, -0.2) is 4.68 Å². The Balaban J connectivity index is 1.26. The lowest BCUT2D eigenvalue weighted by Crippen LogP contribution is -2.54. The zero-order valence-corrected chi connectivity index (χ0v) is 18.4. The van der Waals surface area contributed by atoms with Crippen molar-refractivity contribution < 1.29 is 4.79 Å². The number of amides is 1. The first kappa shape index (κ1) is 21.5. The van der Waals surface area contributed by atoms with E-state index in [-0.39, 0.29) is 5.91 Å². The highest BCUT2D eigenvalue weighted by Gasteiger charge is 2.39. The van der Waals surface area contributed by atoms with Crippen LogP contribution in [0.15, 0.2) is 42.7 Å². The SMILES string of the molecule is CN(C(=O)CN1CCN(Cc2cnn(-c3ccccc3)c2)CC1)C1(C#N)CCCCC1. The van der Waals surface area contributed by atoms with Gasteiger partial charge in [0.05, 0.1) is 24.5 Å². The maximum atomic E-state index is 12.9. The van der Waals surface area contributed by atoms with Crippen LogP contribution in [0.3, 0.4) is 0 Å². The Labute approximate surface area is 184 Å². The summed E-state index contributed by atoms with van der Waals surface area (Å²) in [5.41, 5.74) is 1.66. The number of piperazine rings is 1. The third kappa shape index (κ3) is 4.97. The van der Waals surface area contributed by atoms with Crippen LogP contribution in [0.4, 0.5) is 0 Å². The molecule has 2 aliphatic rings. The first-order valence-electron chi connectivity index (χ1n) is 11.3. The van der Waals surface area contributed by atoms with Crippen LogP contribution in [-0.2, 0) is 11.3 Å². The average Bonchev–Trinajstić information content (AvgIpc) is 3.29. The number of nitriles is 1. The second-order valence-corrected chi connectivity index (χ2v) is 8.84. The number of likely N-dealkylation sites (N-methyl/N-ethyl adjacent to an activating group) is 1. The summed E-state index contributed by atoms with van der Waals surface area (Å²) in [7, 11) is 1.82. The molecule has 7 heteroatoms. The lowest BCUT2D eigenvalue weighted by atomic mass is 9.81. The van der Waals surface area contributed by atoms with Crippen molar-refractivity contribution in [2.75, 3.05) is 39.8 Å². The zero-order valence-electron chi connectivity index (χ0n) is 18.4. The summed E-state index contributed by atoms with van der Waals surface area (Å²) in [4.78, 5) is 19.3. The van der Waals surface area contributed by atoms with Crippen molar-refractivity contribution in [1.29, 1.82) is 5.26 Å². The Kier molecular flexibility index (Phi) is 6.69. The predicted molar refractivity (Wildman–Crippen MR) is 119 cm³/mol. The molecule has 1 saturated heterocycles. The minimum Gasteiger partial charge on any atom is -0.326 e. The fourth-order valence-electron chi connectivity index (χ4n) is 4.72. The van der Waals surface area contributed by atoms with Gasteiger partial charge in [0.15, 0.2) is 0 Å². The second kappa shape index (κ2) is 9.63. The van der Waals surface area contributed by atoms with E-state index in [2.05, 4.69) is 27.2 Å². The van der Waals surface area contributed by atoms with Crippen molar-refractivity contribution in [3.8, 4) is 11.8 Å². The molecule has 1 saturated carbocycles. The molecule has 164 valence electrons. The van der Waals surface area contributed by atoms with E-state index in [1.165, 1.54) is 5.56 Å². The van der Waals surface area contributed by atoms with Crippen molar-refractivity contribution in [3.63, 3.8) is 0 Å². The van der Waals surface area contributed by atoms with E-state index in [0.717, 1.165) is 70.5 Å². The quantitative estimate of drug-likeness (QED) is 0.719. The molecule has 4 rings (SSSR count). The number of para-hydroxylation sites is 1. The van der Waals surface area contributed by atoms with E-state index < -0.39 is 5.54 Å². The molecule has 7 nitrogen and oxygen atoms in total. The van der Waals surface area contributed by atoms with Gasteiger partial charge in [0.2, 0.25) is 5.91 Å². The Morgan fingerprint density at radius 2 is 1.77 bits per heavy atom. The molecule has 2 aromatic rings. The number of carbonyl (C=O) groups is 1. The molecule has 1 aromatic heterocycles. The van der Waals surface area contributed by atoms with Crippen molar-refractivity contribution >= 4 is 5.91 Å². The Morgan fingerprint density at radius 3 is 2.45 bits per heavy atom. The van der Waals surface area contributed by atoms with Crippen LogP contribution in [0, 0.1) is 11.3 Å². The molecule has 0 unspecified atom stereocenters. The Morgan fingerprint density at radius 1 is 1.10 bits per heavy atom. The monoisotopic (exact) mass is 420 g/mol. The highest BCUT2D eigenvalue weighted by Crippen LogP contribution is 2.32. The van der Waals surface area contributed by atoms with E-state index in [4.69, 9.17) is 0 Å². The molecule has 1 aromatic carbocycles. The third-order valence-electron chi connectivity index (χ3n) is 6.79. The molecule has 1 aliphatic carbocycles. The molecule has 1 aliphatic heterocycles. The number of aromatic nitrogens is 2. The van der Waals surface area contributed by atoms with E-state index in [9.17, 15) is 10.1 Å². The first-order chi connectivity index (χ1) is 15.1. The molecule has 0 bridgehead atoms. The Bertz CT molecular complexity index is 904. The van der Waals surface area contributed by atoms with E-state index in [1.54, 1.807) is 4.90 Å². The van der Waals surface area contributed by atoms with Crippen LogP contribution in [0.1, 0.15) is 37.7 Å². The number of hydrogen-bond acceptors (Lipinski definition) is 5. The van der Waals surface area contributed by atoms with Gasteiger partial charge in [-0.2, -0.15) is 10.4 Å². The summed E-state index contributed by atoms with van der Waals surface area (Å²) in [6.07, 6.45) is 8.86. The van der Waals surface area contributed by atoms with Gasteiger partial charge in [0.1, 0.15) is 5.54 Å². The van der Waals surface area contributed by atoms with Crippen molar-refractivity contribution in [3.05, 3.63) is 48.3 Å². The molecular weight excluding hydrogens is 388 g/mol. The van der Waals surface area contributed by atoms with Gasteiger partial charge < -0.3 is 4.90 Å². The zero-order chi connectivity index (χ0) is 21.7. The minimum absolute atomic E-state index is 0.0704. The normalized spacial score (nSPS) is 19.6. The first-order valence-corrected chi connectivity index (χ1v) is 11.3. The number of carbonyl (C=O) groups excluding carboxylic acids is 1. The maximum absolute atomic E-state index is 12.9. The number of rotatable bonds is 6. The summed E-state index contributed by atoms with van der Waals surface area (Å²) in [6, 6.07) is 12.6. The fraction of sp³-hybridized carbons (Fsp3) is 0.542. The summed E-state index contributed by atoms with van der Waals surface area (Å²) in [5.74, 6) is 0.0704. The van der Waals surface area contributed by atoms with Gasteiger partial charge in [-0.15, -0.1) is 0 Å². The average molecular weight is 421 g/mol. The van der Waals surface area contributed by atoms with Crippen LogP contribution in [0.5, 0.6) is 0 Å². The van der Waals surface area contributed by atoms with E-state index >= 15 is 0 Å². The smallest absolute Gasteiger partial charge is 0.237 e. The molecule has 2 fully saturated rings. The topological polar surface area (TPSA) is 68.4 Å². The van der Waals surface area contributed by atoms with Gasteiger partial charge in [0, 0.05) is 51.5 Å². The summed E-state index contributed by atoms with van der Waals surface area (Å²) in [5, 5.41) is 14.2. The highest BCUT2D eigenvalue weighted by atomic mass is 16.2. The lowest BCUT2D eigenvalue weighted by molar-refractivity contribution is -0.136. The van der Waals surface area contributed by atoms with Gasteiger partial charge in [-0.05, 0) is 25.0 Å². The van der Waals surface area contributed by atoms with Gasteiger partial charge in [-0.1, -0.05) is 37.5 Å². The van der Waals surface area contributed by atoms with Gasteiger partial charge >= 0.3 is 0 Å². The highest BCUT2D eigenvalue weighted by molar-refractivity contribution is 5.79. The van der Waals surface area contributed by atoms with Gasteiger partial charge in [0.25, 0.3) is 0 Å². The fourth-order valence-corrected chi connectivity index (χ4v) is 4.72. The molecule has 31 heavy (non-hydrogen) atoms. The van der Waals surface area contributed by atoms with Crippen LogP contribution in [0.2, 0.25) is 0 Å². The maximum Gasteiger partial charge on any atom is 0.237 e. The summed E-state index contributed by atoms with van der Waals surface area (Å²) in [6.45, 7) is 4.86. The Hall–Kier alpha value is -2.69. The molecule has 2 heterocycles. The lowest BCUT2D eigenvalue weighted by Gasteiger charge is -2.41. The molecule has 0 radical (unpaired) electrons. The van der Waals surface area contributed by atoms with E-state index in [0.29, 0.717) is 6.54 Å². The van der Waals surface area contributed by atoms with Crippen molar-refractivity contribution in [2.45, 2.75) is 44.2 Å². The van der Waals surface area contributed by atoms with Crippen molar-refractivity contribution in [2.24, 2.45) is 0 Å². The van der Waals surface area contributed by atoms with Gasteiger partial charge in [-0.3, -0.25) is 14.6 Å². The molecular formula is C24H32N6O. The van der Waals surface area contributed by atoms with E-state index in [1.807, 2.05) is 48.3 Å². The van der Waals surface area contributed by atoms with Crippen LogP contribution < -0.4 is 0 Å². The number of nitrogens with zero attached hydrogens (tertiary/aromatic N) is 6. The second-order valence-electron chi connectivity index (χ2n) is 8.84. The standard InChI is InChI=1S/C24H32N6O/c1-27(24(20-25)10-6-3-7-11-24)23(31)19-29-14-12-28(13-15-29)17-21-16-26-30(18-21)22-8-4-2-5-9-22/h2,4-5,8-9,16,18H,3,6-7,10-15,17,19H2,1H3. The predicted octanol–water partition coefficient (Wildman–Crippen LogP) is 2.67. The molecule has 0 spiro atoms.